The summed E-state index contributed by atoms with van der Waals surface area (Å²) in [6.07, 6.45) is 3.94. The molecule has 0 aromatic carbocycles. The summed E-state index contributed by atoms with van der Waals surface area (Å²) in [5.74, 6) is 0.692. The lowest BCUT2D eigenvalue weighted by Crippen LogP contribution is -2.36. The zero-order valence-corrected chi connectivity index (χ0v) is 11.9. The number of nitrogens with zero attached hydrogens (tertiary/aromatic N) is 1. The predicted octanol–water partition coefficient (Wildman–Crippen LogP) is 2.48. The van der Waals surface area contributed by atoms with Crippen LogP contribution in [0.3, 0.4) is 0 Å². The molecule has 1 fully saturated rings. The summed E-state index contributed by atoms with van der Waals surface area (Å²) in [4.78, 5) is 0.424. The molecule has 0 aliphatic heterocycles. The van der Waals surface area contributed by atoms with E-state index < -0.39 is 10.0 Å². The van der Waals surface area contributed by atoms with Gasteiger partial charge in [-0.1, -0.05) is 6.92 Å². The van der Waals surface area contributed by atoms with Gasteiger partial charge in [0.25, 0.3) is 0 Å². The van der Waals surface area contributed by atoms with Gasteiger partial charge in [-0.25, -0.2) is 13.1 Å². The minimum atomic E-state index is -3.45. The lowest BCUT2D eigenvalue weighted by Gasteiger charge is -2.26. The van der Waals surface area contributed by atoms with E-state index in [1.165, 1.54) is 6.07 Å². The molecular weight excluding hydrogens is 268 g/mol. The standard InChI is InChI=1S/C12H16N2O2S2/c1-9-2-4-10(5-3-9)14-18(15,16)12-7-6-11(8-13)17-12/h6-7,9-10,14H,2-5H2,1H3. The molecule has 1 saturated carbocycles. The minimum absolute atomic E-state index is 0.0406. The van der Waals surface area contributed by atoms with Crippen LogP contribution in [0.25, 0.3) is 0 Å². The molecule has 1 aromatic heterocycles. The van der Waals surface area contributed by atoms with Crippen molar-refractivity contribution < 1.29 is 8.42 Å². The third kappa shape index (κ3) is 3.10. The molecule has 6 heteroatoms. The number of thiophene rings is 1. The molecule has 1 heterocycles. The maximum absolute atomic E-state index is 12.1. The van der Waals surface area contributed by atoms with Gasteiger partial charge in [-0.05, 0) is 43.7 Å². The molecule has 1 aliphatic rings. The van der Waals surface area contributed by atoms with E-state index in [0.717, 1.165) is 37.0 Å². The Morgan fingerprint density at radius 2 is 2.00 bits per heavy atom. The smallest absolute Gasteiger partial charge is 0.207 e. The van der Waals surface area contributed by atoms with Crippen molar-refractivity contribution in [3.8, 4) is 6.07 Å². The molecule has 0 bridgehead atoms. The number of sulfonamides is 1. The van der Waals surface area contributed by atoms with Crippen molar-refractivity contribution in [1.82, 2.24) is 4.72 Å². The third-order valence-electron chi connectivity index (χ3n) is 3.29. The number of nitrogens with one attached hydrogen (secondary N) is 1. The number of rotatable bonds is 3. The maximum atomic E-state index is 12.1. The van der Waals surface area contributed by atoms with Gasteiger partial charge < -0.3 is 0 Å². The van der Waals surface area contributed by atoms with Crippen molar-refractivity contribution in [1.29, 1.82) is 5.26 Å². The zero-order chi connectivity index (χ0) is 13.2. The van der Waals surface area contributed by atoms with E-state index in [9.17, 15) is 8.42 Å². The van der Waals surface area contributed by atoms with E-state index in [1.807, 2.05) is 6.07 Å². The Labute approximate surface area is 112 Å². The van der Waals surface area contributed by atoms with Crippen molar-refractivity contribution >= 4 is 21.4 Å². The lowest BCUT2D eigenvalue weighted by molar-refractivity contribution is 0.332. The summed E-state index contributed by atoms with van der Waals surface area (Å²) in [6.45, 7) is 2.20. The van der Waals surface area contributed by atoms with Crippen molar-refractivity contribution in [2.24, 2.45) is 5.92 Å². The monoisotopic (exact) mass is 284 g/mol. The molecule has 0 unspecified atom stereocenters. The molecular formula is C12H16N2O2S2. The van der Waals surface area contributed by atoms with E-state index in [2.05, 4.69) is 11.6 Å². The highest BCUT2D eigenvalue weighted by molar-refractivity contribution is 7.91. The average molecular weight is 284 g/mol. The summed E-state index contributed by atoms with van der Waals surface area (Å²) in [7, 11) is -3.45. The summed E-state index contributed by atoms with van der Waals surface area (Å²) in [5, 5.41) is 8.71. The van der Waals surface area contributed by atoms with E-state index in [4.69, 9.17) is 5.26 Å². The van der Waals surface area contributed by atoms with E-state index in [-0.39, 0.29) is 10.3 Å². The molecule has 4 nitrogen and oxygen atoms in total. The van der Waals surface area contributed by atoms with Crippen LogP contribution in [-0.2, 0) is 10.0 Å². The molecule has 18 heavy (non-hydrogen) atoms. The highest BCUT2D eigenvalue weighted by Gasteiger charge is 2.25. The van der Waals surface area contributed by atoms with Gasteiger partial charge >= 0.3 is 0 Å². The molecule has 2 rings (SSSR count). The van der Waals surface area contributed by atoms with E-state index >= 15 is 0 Å². The minimum Gasteiger partial charge on any atom is -0.207 e. The first-order chi connectivity index (χ1) is 8.51. The topological polar surface area (TPSA) is 70.0 Å². The van der Waals surface area contributed by atoms with Crippen LogP contribution in [-0.4, -0.2) is 14.5 Å². The Morgan fingerprint density at radius 3 is 2.56 bits per heavy atom. The first-order valence-electron chi connectivity index (χ1n) is 6.03. The van der Waals surface area contributed by atoms with Crippen LogP contribution in [0.2, 0.25) is 0 Å². The Balaban J connectivity index is 2.06. The van der Waals surface area contributed by atoms with Crippen LogP contribution in [0, 0.1) is 17.2 Å². The largest absolute Gasteiger partial charge is 0.250 e. The van der Waals surface area contributed by atoms with Crippen LogP contribution in [0.1, 0.15) is 37.5 Å². The summed E-state index contributed by atoms with van der Waals surface area (Å²) >= 11 is 1.02. The molecule has 1 aromatic rings. The second-order valence-corrected chi connectivity index (χ2v) is 7.83. The quantitative estimate of drug-likeness (QED) is 0.927. The average Bonchev–Trinajstić information content (AvgIpc) is 2.81. The lowest BCUT2D eigenvalue weighted by atomic mass is 9.88. The summed E-state index contributed by atoms with van der Waals surface area (Å²) < 4.78 is 27.2. The van der Waals surface area contributed by atoms with Crippen LogP contribution in [0.5, 0.6) is 0 Å². The molecule has 0 saturated heterocycles. The van der Waals surface area contributed by atoms with Gasteiger partial charge in [0.15, 0.2) is 0 Å². The normalized spacial score (nSPS) is 24.7. The SMILES string of the molecule is CC1CCC(NS(=O)(=O)c2ccc(C#N)s2)CC1. The van der Waals surface area contributed by atoms with Gasteiger partial charge in [0.1, 0.15) is 15.2 Å². The van der Waals surface area contributed by atoms with Gasteiger partial charge in [0.2, 0.25) is 10.0 Å². The maximum Gasteiger partial charge on any atom is 0.250 e. The Bertz CT molecular complexity index is 549. The van der Waals surface area contributed by atoms with Gasteiger partial charge in [0, 0.05) is 6.04 Å². The zero-order valence-electron chi connectivity index (χ0n) is 10.2. The van der Waals surface area contributed by atoms with Gasteiger partial charge in [-0.15, -0.1) is 11.3 Å². The fourth-order valence-electron chi connectivity index (χ4n) is 2.18. The first kappa shape index (κ1) is 13.5. The summed E-state index contributed by atoms with van der Waals surface area (Å²) in [6, 6.07) is 5.04. The summed E-state index contributed by atoms with van der Waals surface area (Å²) in [5.41, 5.74) is 0. The third-order valence-corrected chi connectivity index (χ3v) is 6.30. The van der Waals surface area contributed by atoms with Crippen molar-refractivity contribution in [2.75, 3.05) is 0 Å². The Hall–Kier alpha value is -0.900. The molecule has 0 radical (unpaired) electrons. The Morgan fingerprint density at radius 1 is 1.33 bits per heavy atom. The highest BCUT2D eigenvalue weighted by atomic mass is 32.2. The van der Waals surface area contributed by atoms with Crippen molar-refractivity contribution in [3.63, 3.8) is 0 Å². The van der Waals surface area contributed by atoms with Crippen LogP contribution < -0.4 is 4.72 Å². The number of hydrogen-bond acceptors (Lipinski definition) is 4. The number of hydrogen-bond donors (Lipinski definition) is 1. The van der Waals surface area contributed by atoms with Gasteiger partial charge in [-0.3, -0.25) is 0 Å². The molecule has 0 atom stereocenters. The Kier molecular flexibility index (Phi) is 4.05. The fraction of sp³-hybridized carbons (Fsp3) is 0.583. The molecule has 1 aliphatic carbocycles. The van der Waals surface area contributed by atoms with Crippen LogP contribution in [0.15, 0.2) is 16.3 Å². The second kappa shape index (κ2) is 5.39. The first-order valence-corrected chi connectivity index (χ1v) is 8.33. The van der Waals surface area contributed by atoms with E-state index in [0.29, 0.717) is 10.8 Å². The predicted molar refractivity (Wildman–Crippen MR) is 70.8 cm³/mol. The van der Waals surface area contributed by atoms with Crippen molar-refractivity contribution in [2.45, 2.75) is 42.9 Å². The van der Waals surface area contributed by atoms with Crippen LogP contribution >= 0.6 is 11.3 Å². The molecule has 0 amide bonds. The highest BCUT2D eigenvalue weighted by Crippen LogP contribution is 2.26. The fourth-order valence-corrected chi connectivity index (χ4v) is 4.61. The van der Waals surface area contributed by atoms with Gasteiger partial charge in [-0.2, -0.15) is 5.26 Å². The molecule has 1 N–H and O–H groups in total. The van der Waals surface area contributed by atoms with Gasteiger partial charge in [0.05, 0.1) is 0 Å². The van der Waals surface area contributed by atoms with E-state index in [1.54, 1.807) is 6.07 Å². The number of nitriles is 1. The molecule has 98 valence electrons. The van der Waals surface area contributed by atoms with Crippen LogP contribution in [0.4, 0.5) is 0 Å². The second-order valence-electron chi connectivity index (χ2n) is 4.81. The molecule has 0 spiro atoms. The van der Waals surface area contributed by atoms with Crippen molar-refractivity contribution in [3.05, 3.63) is 17.0 Å².